The summed E-state index contributed by atoms with van der Waals surface area (Å²) in [4.78, 5) is 24.4. The van der Waals surface area contributed by atoms with Gasteiger partial charge in [0.2, 0.25) is 0 Å². The molecular formula is C17H10O4. The predicted octanol–water partition coefficient (Wildman–Crippen LogP) is 3.36. The Balaban J connectivity index is 2.41. The maximum Gasteiger partial charge on any atom is 0.348 e. The minimum Gasteiger partial charge on any atom is -0.422 e. The monoisotopic (exact) mass is 278 g/mol. The second-order valence-corrected chi connectivity index (χ2v) is 5.03. The van der Waals surface area contributed by atoms with Crippen molar-refractivity contribution < 1.29 is 8.83 Å². The van der Waals surface area contributed by atoms with Gasteiger partial charge in [-0.1, -0.05) is 24.3 Å². The summed E-state index contributed by atoms with van der Waals surface area (Å²) in [7, 11) is 0. The van der Waals surface area contributed by atoms with Crippen molar-refractivity contribution in [2.45, 2.75) is 6.92 Å². The van der Waals surface area contributed by atoms with Gasteiger partial charge in [-0.25, -0.2) is 9.59 Å². The van der Waals surface area contributed by atoms with Crippen molar-refractivity contribution >= 4 is 32.7 Å². The standard InChI is InChI=1S/C17H10O4/c1-9-6-7-12-13(8-9)20-17(19)14-10-4-2-3-5-11(10)16(18)21-15(12)14/h2-8H,1H3. The molecule has 0 N–H and O–H groups in total. The van der Waals surface area contributed by atoms with E-state index < -0.39 is 11.3 Å². The van der Waals surface area contributed by atoms with Gasteiger partial charge in [0.1, 0.15) is 11.0 Å². The van der Waals surface area contributed by atoms with Gasteiger partial charge >= 0.3 is 11.3 Å². The topological polar surface area (TPSA) is 60.4 Å². The van der Waals surface area contributed by atoms with E-state index in [1.54, 1.807) is 36.4 Å². The Morgan fingerprint density at radius 1 is 0.810 bits per heavy atom. The molecule has 0 fully saturated rings. The van der Waals surface area contributed by atoms with Crippen LogP contribution in [0.2, 0.25) is 0 Å². The maximum absolute atomic E-state index is 12.3. The highest BCUT2D eigenvalue weighted by Crippen LogP contribution is 2.27. The SMILES string of the molecule is Cc1ccc2c(c1)oc(=O)c1c3ccccc3c(=O)oc21. The fraction of sp³-hybridized carbons (Fsp3) is 0.0588. The first-order valence-electron chi connectivity index (χ1n) is 6.54. The molecule has 0 aliphatic rings. The van der Waals surface area contributed by atoms with E-state index in [1.165, 1.54) is 0 Å². The zero-order valence-electron chi connectivity index (χ0n) is 11.2. The van der Waals surface area contributed by atoms with E-state index in [0.717, 1.165) is 5.56 Å². The summed E-state index contributed by atoms with van der Waals surface area (Å²) < 4.78 is 10.8. The van der Waals surface area contributed by atoms with E-state index in [2.05, 4.69) is 0 Å². The summed E-state index contributed by atoms with van der Waals surface area (Å²) in [6.07, 6.45) is 0. The largest absolute Gasteiger partial charge is 0.422 e. The van der Waals surface area contributed by atoms with Crippen molar-refractivity contribution in [3.63, 3.8) is 0 Å². The van der Waals surface area contributed by atoms with Gasteiger partial charge in [-0.3, -0.25) is 0 Å². The first-order valence-corrected chi connectivity index (χ1v) is 6.54. The summed E-state index contributed by atoms with van der Waals surface area (Å²) in [5, 5.41) is 1.86. The summed E-state index contributed by atoms with van der Waals surface area (Å²) in [5.74, 6) is 0. The molecule has 2 heterocycles. The zero-order chi connectivity index (χ0) is 14.6. The summed E-state index contributed by atoms with van der Waals surface area (Å²) in [6.45, 7) is 1.90. The first kappa shape index (κ1) is 11.9. The van der Waals surface area contributed by atoms with Crippen molar-refractivity contribution in [1.29, 1.82) is 0 Å². The van der Waals surface area contributed by atoms with Crippen LogP contribution in [0.4, 0.5) is 0 Å². The molecule has 2 aromatic heterocycles. The van der Waals surface area contributed by atoms with Crippen LogP contribution in [0.3, 0.4) is 0 Å². The molecule has 0 atom stereocenters. The first-order chi connectivity index (χ1) is 10.1. The van der Waals surface area contributed by atoms with E-state index in [9.17, 15) is 9.59 Å². The fourth-order valence-electron chi connectivity index (χ4n) is 2.64. The van der Waals surface area contributed by atoms with Crippen LogP contribution in [0.5, 0.6) is 0 Å². The molecule has 0 spiro atoms. The molecule has 4 nitrogen and oxygen atoms in total. The number of rotatable bonds is 0. The molecule has 0 aliphatic carbocycles. The number of benzene rings is 2. The molecule has 0 amide bonds. The smallest absolute Gasteiger partial charge is 0.348 e. The van der Waals surface area contributed by atoms with Gasteiger partial charge in [0.05, 0.1) is 10.8 Å². The summed E-state index contributed by atoms with van der Waals surface area (Å²) in [5.41, 5.74) is 0.720. The van der Waals surface area contributed by atoms with Crippen LogP contribution in [0, 0.1) is 6.92 Å². The lowest BCUT2D eigenvalue weighted by Gasteiger charge is -2.04. The number of aryl methyl sites for hydroxylation is 1. The zero-order valence-corrected chi connectivity index (χ0v) is 11.2. The third-order valence-electron chi connectivity index (χ3n) is 3.63. The van der Waals surface area contributed by atoms with E-state index >= 15 is 0 Å². The van der Waals surface area contributed by atoms with Gasteiger partial charge in [0, 0.05) is 5.39 Å². The Bertz CT molecular complexity index is 1130. The number of fused-ring (bicyclic) bond motifs is 5. The Kier molecular flexibility index (Phi) is 2.30. The van der Waals surface area contributed by atoms with E-state index in [1.807, 2.05) is 13.0 Å². The van der Waals surface area contributed by atoms with Crippen LogP contribution < -0.4 is 11.3 Å². The van der Waals surface area contributed by atoms with Crippen molar-refractivity contribution in [3.05, 3.63) is 68.9 Å². The van der Waals surface area contributed by atoms with Crippen molar-refractivity contribution in [3.8, 4) is 0 Å². The van der Waals surface area contributed by atoms with Crippen molar-refractivity contribution in [2.75, 3.05) is 0 Å². The Morgan fingerprint density at radius 3 is 2.38 bits per heavy atom. The van der Waals surface area contributed by atoms with E-state index in [0.29, 0.717) is 27.1 Å². The highest BCUT2D eigenvalue weighted by Gasteiger charge is 2.15. The van der Waals surface area contributed by atoms with Gasteiger partial charge in [-0.05, 0) is 30.7 Å². The third-order valence-corrected chi connectivity index (χ3v) is 3.63. The van der Waals surface area contributed by atoms with E-state index in [4.69, 9.17) is 8.83 Å². The average Bonchev–Trinajstić information content (AvgIpc) is 2.47. The molecular weight excluding hydrogens is 268 g/mol. The number of hydrogen-bond donors (Lipinski definition) is 0. The molecule has 21 heavy (non-hydrogen) atoms. The average molecular weight is 278 g/mol. The van der Waals surface area contributed by atoms with Gasteiger partial charge in [-0.2, -0.15) is 0 Å². The molecule has 0 saturated heterocycles. The van der Waals surface area contributed by atoms with Crippen LogP contribution in [-0.2, 0) is 0 Å². The minimum absolute atomic E-state index is 0.282. The second-order valence-electron chi connectivity index (χ2n) is 5.03. The van der Waals surface area contributed by atoms with Crippen LogP contribution >= 0.6 is 0 Å². The lowest BCUT2D eigenvalue weighted by molar-refractivity contribution is 0.548. The third kappa shape index (κ3) is 1.62. The molecule has 0 saturated carbocycles. The van der Waals surface area contributed by atoms with Crippen molar-refractivity contribution in [1.82, 2.24) is 0 Å². The Hall–Kier alpha value is -2.88. The van der Waals surface area contributed by atoms with Gasteiger partial charge < -0.3 is 8.83 Å². The Labute approximate surface area is 118 Å². The van der Waals surface area contributed by atoms with Crippen LogP contribution in [-0.4, -0.2) is 0 Å². The molecule has 0 radical (unpaired) electrons. The molecule has 4 rings (SSSR count). The van der Waals surface area contributed by atoms with Crippen LogP contribution in [0.1, 0.15) is 5.56 Å². The van der Waals surface area contributed by atoms with Crippen LogP contribution in [0.15, 0.2) is 60.9 Å². The molecule has 4 heteroatoms. The van der Waals surface area contributed by atoms with Crippen LogP contribution in [0.25, 0.3) is 32.7 Å². The quantitative estimate of drug-likeness (QED) is 0.365. The lowest BCUT2D eigenvalue weighted by Crippen LogP contribution is -2.06. The lowest BCUT2D eigenvalue weighted by atomic mass is 10.1. The predicted molar refractivity (Wildman–Crippen MR) is 80.8 cm³/mol. The highest BCUT2D eigenvalue weighted by atomic mass is 16.4. The molecule has 2 aromatic carbocycles. The summed E-state index contributed by atoms with van der Waals surface area (Å²) in [6, 6.07) is 12.3. The normalized spacial score (nSPS) is 11.5. The highest BCUT2D eigenvalue weighted by molar-refractivity contribution is 6.11. The minimum atomic E-state index is -0.497. The molecule has 0 unspecified atom stereocenters. The van der Waals surface area contributed by atoms with Gasteiger partial charge in [0.25, 0.3) is 0 Å². The maximum atomic E-state index is 12.3. The molecule has 4 aromatic rings. The van der Waals surface area contributed by atoms with E-state index in [-0.39, 0.29) is 5.58 Å². The van der Waals surface area contributed by atoms with Crippen molar-refractivity contribution in [2.24, 2.45) is 0 Å². The number of hydrogen-bond acceptors (Lipinski definition) is 4. The summed E-state index contributed by atoms with van der Waals surface area (Å²) >= 11 is 0. The molecule has 0 aliphatic heterocycles. The fourth-order valence-corrected chi connectivity index (χ4v) is 2.64. The second kappa shape index (κ2) is 4.06. The van der Waals surface area contributed by atoms with Gasteiger partial charge in [0.15, 0.2) is 5.58 Å². The molecule has 0 bridgehead atoms. The molecule has 102 valence electrons. The van der Waals surface area contributed by atoms with Gasteiger partial charge in [-0.15, -0.1) is 0 Å². The Morgan fingerprint density at radius 2 is 1.57 bits per heavy atom.